The van der Waals surface area contributed by atoms with Crippen LogP contribution >= 0.6 is 0 Å². The standard InChI is InChI=1S/C19H24F2N2O2/c20-18(21)9-6-16(12-18)19(25,15-4-2-1-3-5-15)17(24)23-10-7-14(13-22)8-11-23/h1-5,7,16,25H,6,8-13,22H2. The Hall–Kier alpha value is -1.79. The molecule has 1 fully saturated rings. The summed E-state index contributed by atoms with van der Waals surface area (Å²) < 4.78 is 27.6. The largest absolute Gasteiger partial charge is 0.375 e. The van der Waals surface area contributed by atoms with Crippen molar-refractivity contribution in [1.82, 2.24) is 4.90 Å². The van der Waals surface area contributed by atoms with Crippen LogP contribution in [0.1, 0.15) is 31.2 Å². The van der Waals surface area contributed by atoms with Crippen LogP contribution in [0.2, 0.25) is 0 Å². The quantitative estimate of drug-likeness (QED) is 0.820. The zero-order chi connectivity index (χ0) is 18.1. The van der Waals surface area contributed by atoms with E-state index < -0.39 is 29.8 Å². The number of aliphatic hydroxyl groups is 1. The SMILES string of the molecule is NCC1=CCN(C(=O)C(O)(c2ccccc2)C2CCC(F)(F)C2)CC1. The molecular weight excluding hydrogens is 326 g/mol. The molecule has 1 aromatic carbocycles. The fourth-order valence-electron chi connectivity index (χ4n) is 3.85. The van der Waals surface area contributed by atoms with Gasteiger partial charge in [-0.05, 0) is 18.4 Å². The number of nitrogens with two attached hydrogens (primary N) is 1. The Kier molecular flexibility index (Phi) is 4.93. The van der Waals surface area contributed by atoms with Gasteiger partial charge in [0.25, 0.3) is 5.91 Å². The first-order chi connectivity index (χ1) is 11.9. The second kappa shape index (κ2) is 6.84. The van der Waals surface area contributed by atoms with Gasteiger partial charge in [0.1, 0.15) is 0 Å². The monoisotopic (exact) mass is 350 g/mol. The second-order valence-electron chi connectivity index (χ2n) is 7.00. The van der Waals surface area contributed by atoms with E-state index in [0.29, 0.717) is 31.6 Å². The van der Waals surface area contributed by atoms with Crippen molar-refractivity contribution < 1.29 is 18.7 Å². The van der Waals surface area contributed by atoms with Gasteiger partial charge in [-0.2, -0.15) is 0 Å². The number of benzene rings is 1. The van der Waals surface area contributed by atoms with Crippen molar-refractivity contribution in [3.63, 3.8) is 0 Å². The van der Waals surface area contributed by atoms with E-state index in [0.717, 1.165) is 5.57 Å². The summed E-state index contributed by atoms with van der Waals surface area (Å²) in [6.45, 7) is 1.24. The number of amides is 1. The maximum absolute atomic E-state index is 13.8. The van der Waals surface area contributed by atoms with E-state index in [-0.39, 0.29) is 12.8 Å². The van der Waals surface area contributed by atoms with Crippen LogP contribution in [0, 0.1) is 5.92 Å². The van der Waals surface area contributed by atoms with Crippen LogP contribution in [-0.4, -0.2) is 41.5 Å². The van der Waals surface area contributed by atoms with Crippen LogP contribution in [0.5, 0.6) is 0 Å². The number of carbonyl (C=O) groups excluding carboxylic acids is 1. The molecule has 0 bridgehead atoms. The number of carbonyl (C=O) groups is 1. The predicted molar refractivity (Wildman–Crippen MR) is 91.0 cm³/mol. The van der Waals surface area contributed by atoms with Crippen molar-refractivity contribution in [1.29, 1.82) is 0 Å². The van der Waals surface area contributed by atoms with Gasteiger partial charge >= 0.3 is 0 Å². The summed E-state index contributed by atoms with van der Waals surface area (Å²) in [7, 11) is 0. The van der Waals surface area contributed by atoms with Gasteiger partial charge in [0.15, 0.2) is 5.60 Å². The van der Waals surface area contributed by atoms with E-state index in [1.165, 1.54) is 0 Å². The van der Waals surface area contributed by atoms with Crippen molar-refractivity contribution in [2.24, 2.45) is 11.7 Å². The Morgan fingerprint density at radius 1 is 1.36 bits per heavy atom. The lowest BCUT2D eigenvalue weighted by Crippen LogP contribution is -2.52. The minimum Gasteiger partial charge on any atom is -0.375 e. The molecule has 0 aromatic heterocycles. The van der Waals surface area contributed by atoms with Gasteiger partial charge in [0, 0.05) is 38.4 Å². The van der Waals surface area contributed by atoms with Crippen LogP contribution in [0.4, 0.5) is 8.78 Å². The van der Waals surface area contributed by atoms with Gasteiger partial charge in [-0.3, -0.25) is 4.79 Å². The summed E-state index contributed by atoms with van der Waals surface area (Å²) in [5.74, 6) is -4.12. The highest BCUT2D eigenvalue weighted by molar-refractivity contribution is 5.87. The van der Waals surface area contributed by atoms with Crippen molar-refractivity contribution >= 4 is 5.91 Å². The van der Waals surface area contributed by atoms with Crippen LogP contribution < -0.4 is 5.73 Å². The second-order valence-corrected chi connectivity index (χ2v) is 7.00. The zero-order valence-corrected chi connectivity index (χ0v) is 14.1. The molecule has 0 spiro atoms. The minimum atomic E-state index is -2.83. The Morgan fingerprint density at radius 3 is 2.60 bits per heavy atom. The normalized spacial score (nSPS) is 25.4. The molecule has 1 aliphatic carbocycles. The number of hydrogen-bond acceptors (Lipinski definition) is 3. The number of alkyl halides is 2. The fraction of sp³-hybridized carbons (Fsp3) is 0.526. The van der Waals surface area contributed by atoms with Gasteiger partial charge in [0.05, 0.1) is 0 Å². The summed E-state index contributed by atoms with van der Waals surface area (Å²) >= 11 is 0. The van der Waals surface area contributed by atoms with E-state index in [9.17, 15) is 18.7 Å². The highest BCUT2D eigenvalue weighted by Crippen LogP contribution is 2.48. The first-order valence-corrected chi connectivity index (χ1v) is 8.70. The molecule has 1 heterocycles. The van der Waals surface area contributed by atoms with Crippen LogP contribution in [-0.2, 0) is 10.4 Å². The molecule has 0 radical (unpaired) electrons. The van der Waals surface area contributed by atoms with Crippen LogP contribution in [0.15, 0.2) is 42.0 Å². The average Bonchev–Trinajstić information content (AvgIpc) is 3.01. The van der Waals surface area contributed by atoms with E-state index in [1.807, 2.05) is 6.08 Å². The molecular formula is C19H24F2N2O2. The van der Waals surface area contributed by atoms with Gasteiger partial charge < -0.3 is 15.7 Å². The average molecular weight is 350 g/mol. The lowest BCUT2D eigenvalue weighted by atomic mass is 9.78. The summed E-state index contributed by atoms with van der Waals surface area (Å²) in [4.78, 5) is 14.7. The summed E-state index contributed by atoms with van der Waals surface area (Å²) in [6.07, 6.45) is 1.89. The lowest BCUT2D eigenvalue weighted by molar-refractivity contribution is -0.160. The highest BCUT2D eigenvalue weighted by atomic mass is 19.3. The highest BCUT2D eigenvalue weighted by Gasteiger charge is 2.54. The molecule has 2 aliphatic rings. The van der Waals surface area contributed by atoms with E-state index >= 15 is 0 Å². The minimum absolute atomic E-state index is 0.127. The first kappa shape index (κ1) is 18.0. The van der Waals surface area contributed by atoms with Crippen LogP contribution in [0.3, 0.4) is 0 Å². The van der Waals surface area contributed by atoms with E-state index in [2.05, 4.69) is 0 Å². The Bertz CT molecular complexity index is 663. The number of halogens is 2. The molecule has 0 saturated heterocycles. The third-order valence-corrected chi connectivity index (χ3v) is 5.39. The smallest absolute Gasteiger partial charge is 0.259 e. The lowest BCUT2D eigenvalue weighted by Gasteiger charge is -2.38. The molecule has 1 amide bonds. The maximum atomic E-state index is 13.8. The summed E-state index contributed by atoms with van der Waals surface area (Å²) in [5.41, 5.74) is 5.16. The molecule has 2 atom stereocenters. The van der Waals surface area contributed by atoms with Crippen molar-refractivity contribution in [3.05, 3.63) is 47.5 Å². The number of rotatable bonds is 4. The topological polar surface area (TPSA) is 66.6 Å². The molecule has 1 saturated carbocycles. The van der Waals surface area contributed by atoms with Crippen molar-refractivity contribution in [2.75, 3.05) is 19.6 Å². The summed E-state index contributed by atoms with van der Waals surface area (Å²) in [6, 6.07) is 8.47. The molecule has 25 heavy (non-hydrogen) atoms. The predicted octanol–water partition coefficient (Wildman–Crippen LogP) is 2.43. The molecule has 1 aromatic rings. The zero-order valence-electron chi connectivity index (χ0n) is 14.1. The summed E-state index contributed by atoms with van der Waals surface area (Å²) in [5, 5.41) is 11.4. The maximum Gasteiger partial charge on any atom is 0.259 e. The molecule has 1 aliphatic heterocycles. The number of nitrogens with zero attached hydrogens (tertiary/aromatic N) is 1. The number of hydrogen-bond donors (Lipinski definition) is 2. The third-order valence-electron chi connectivity index (χ3n) is 5.39. The molecule has 6 heteroatoms. The fourth-order valence-corrected chi connectivity index (χ4v) is 3.85. The van der Waals surface area contributed by atoms with Crippen molar-refractivity contribution in [3.8, 4) is 0 Å². The van der Waals surface area contributed by atoms with E-state index in [4.69, 9.17) is 5.73 Å². The molecule has 136 valence electrons. The van der Waals surface area contributed by atoms with Gasteiger partial charge in [0.2, 0.25) is 5.92 Å². The van der Waals surface area contributed by atoms with Crippen molar-refractivity contribution in [2.45, 2.75) is 37.2 Å². The van der Waals surface area contributed by atoms with Gasteiger partial charge in [-0.1, -0.05) is 42.0 Å². The Balaban J connectivity index is 1.92. The first-order valence-electron chi connectivity index (χ1n) is 8.70. The molecule has 2 unspecified atom stereocenters. The molecule has 4 nitrogen and oxygen atoms in total. The Morgan fingerprint density at radius 2 is 2.08 bits per heavy atom. The Labute approximate surface area is 146 Å². The van der Waals surface area contributed by atoms with E-state index in [1.54, 1.807) is 35.2 Å². The molecule has 3 rings (SSSR count). The molecule has 3 N–H and O–H groups in total. The van der Waals surface area contributed by atoms with Gasteiger partial charge in [-0.25, -0.2) is 8.78 Å². The van der Waals surface area contributed by atoms with Gasteiger partial charge in [-0.15, -0.1) is 0 Å². The third kappa shape index (κ3) is 3.46. The van der Waals surface area contributed by atoms with Crippen LogP contribution in [0.25, 0.3) is 0 Å².